The summed E-state index contributed by atoms with van der Waals surface area (Å²) in [7, 11) is 0. The van der Waals surface area contributed by atoms with E-state index in [1.165, 1.54) is 18.2 Å². The van der Waals surface area contributed by atoms with E-state index in [1.807, 2.05) is 54.3 Å². The number of likely N-dealkylation sites (tertiary alicyclic amines) is 1. The minimum Gasteiger partial charge on any atom is -0.494 e. The van der Waals surface area contributed by atoms with Crippen molar-refractivity contribution >= 4 is 28.7 Å². The number of piperidine rings is 1. The zero-order valence-corrected chi connectivity index (χ0v) is 17.8. The van der Waals surface area contributed by atoms with Gasteiger partial charge in [-0.15, -0.1) is 0 Å². The smallest absolute Gasteiger partial charge is 0.233 e. The average molecular weight is 410 g/mol. The summed E-state index contributed by atoms with van der Waals surface area (Å²) in [6.07, 6.45) is 2.31. The number of ether oxygens (including phenoxy) is 1. The van der Waals surface area contributed by atoms with Crippen LogP contribution in [-0.2, 0) is 4.79 Å². The predicted octanol–water partition coefficient (Wildman–Crippen LogP) is 4.77. The van der Waals surface area contributed by atoms with Gasteiger partial charge in [-0.3, -0.25) is 9.36 Å². The number of hydrogen-bond donors (Lipinski definition) is 0. The Labute approximate surface area is 176 Å². The Bertz CT molecular complexity index is 983. The Morgan fingerprint density at radius 2 is 2.00 bits per heavy atom. The molecular formula is C23H27N3O2S. The molecule has 1 aliphatic heterocycles. The summed E-state index contributed by atoms with van der Waals surface area (Å²) >= 11 is 1.51. The van der Waals surface area contributed by atoms with Crippen molar-refractivity contribution in [1.82, 2.24) is 14.5 Å². The second-order valence-corrected chi connectivity index (χ2v) is 8.46. The zero-order chi connectivity index (χ0) is 20.2. The summed E-state index contributed by atoms with van der Waals surface area (Å²) in [5.41, 5.74) is 2.99. The number of carbonyl (C=O) groups excluding carboxylic acids is 1. The van der Waals surface area contributed by atoms with Crippen molar-refractivity contribution in [2.75, 3.05) is 25.4 Å². The lowest BCUT2D eigenvalue weighted by molar-refractivity contribution is -0.130. The number of benzene rings is 2. The summed E-state index contributed by atoms with van der Waals surface area (Å²) < 4.78 is 7.70. The first-order valence-electron chi connectivity index (χ1n) is 10.3. The van der Waals surface area contributed by atoms with Crippen LogP contribution in [0.3, 0.4) is 0 Å². The molecule has 29 heavy (non-hydrogen) atoms. The molecule has 0 N–H and O–H groups in total. The molecule has 0 bridgehead atoms. The molecule has 1 aromatic heterocycles. The van der Waals surface area contributed by atoms with Crippen LogP contribution in [0.4, 0.5) is 0 Å². The second-order valence-electron chi connectivity index (χ2n) is 7.52. The van der Waals surface area contributed by atoms with Crippen LogP contribution in [0.25, 0.3) is 16.7 Å². The summed E-state index contributed by atoms with van der Waals surface area (Å²) in [5.74, 6) is 2.05. The number of hydrogen-bond acceptors (Lipinski definition) is 4. The Hall–Kier alpha value is -2.47. The maximum absolute atomic E-state index is 12.7. The van der Waals surface area contributed by atoms with Crippen LogP contribution < -0.4 is 4.74 Å². The Morgan fingerprint density at radius 1 is 1.21 bits per heavy atom. The van der Waals surface area contributed by atoms with Crippen LogP contribution in [0.2, 0.25) is 0 Å². The van der Waals surface area contributed by atoms with Gasteiger partial charge in [0, 0.05) is 18.8 Å². The van der Waals surface area contributed by atoms with Gasteiger partial charge >= 0.3 is 0 Å². The highest BCUT2D eigenvalue weighted by atomic mass is 32.2. The van der Waals surface area contributed by atoms with E-state index < -0.39 is 0 Å². The lowest BCUT2D eigenvalue weighted by atomic mass is 10.0. The second kappa shape index (κ2) is 8.91. The van der Waals surface area contributed by atoms with Gasteiger partial charge in [0.2, 0.25) is 5.91 Å². The van der Waals surface area contributed by atoms with Gasteiger partial charge in [0.05, 0.1) is 23.4 Å². The molecule has 1 atom stereocenters. The molecule has 0 radical (unpaired) electrons. The molecule has 0 aliphatic carbocycles. The molecule has 4 rings (SSSR count). The van der Waals surface area contributed by atoms with Gasteiger partial charge in [-0.05, 0) is 62.1 Å². The van der Waals surface area contributed by atoms with Crippen LogP contribution in [-0.4, -0.2) is 45.8 Å². The van der Waals surface area contributed by atoms with Gasteiger partial charge < -0.3 is 9.64 Å². The van der Waals surface area contributed by atoms with Crippen LogP contribution >= 0.6 is 11.8 Å². The molecule has 0 saturated carbocycles. The lowest BCUT2D eigenvalue weighted by Gasteiger charge is -2.30. The topological polar surface area (TPSA) is 47.4 Å². The third-order valence-electron chi connectivity index (χ3n) is 5.27. The lowest BCUT2D eigenvalue weighted by Crippen LogP contribution is -2.40. The van der Waals surface area contributed by atoms with Gasteiger partial charge in [0.25, 0.3) is 0 Å². The monoisotopic (exact) mass is 409 g/mol. The van der Waals surface area contributed by atoms with Crippen molar-refractivity contribution in [2.24, 2.45) is 5.92 Å². The van der Waals surface area contributed by atoms with E-state index in [1.54, 1.807) is 0 Å². The summed E-state index contributed by atoms with van der Waals surface area (Å²) in [6, 6.07) is 16.1. The molecule has 152 valence electrons. The van der Waals surface area contributed by atoms with E-state index in [0.717, 1.165) is 47.1 Å². The van der Waals surface area contributed by atoms with E-state index in [0.29, 0.717) is 18.3 Å². The molecule has 0 spiro atoms. The molecule has 1 saturated heterocycles. The van der Waals surface area contributed by atoms with Gasteiger partial charge in [-0.1, -0.05) is 30.8 Å². The fourth-order valence-electron chi connectivity index (χ4n) is 3.84. The number of rotatable bonds is 6. The highest BCUT2D eigenvalue weighted by molar-refractivity contribution is 7.99. The highest BCUT2D eigenvalue weighted by Gasteiger charge is 2.22. The number of amides is 1. The minimum atomic E-state index is 0.201. The van der Waals surface area contributed by atoms with E-state index in [9.17, 15) is 4.79 Å². The first-order chi connectivity index (χ1) is 14.2. The van der Waals surface area contributed by atoms with Crippen LogP contribution in [0.5, 0.6) is 5.75 Å². The molecule has 2 heterocycles. The first-order valence-corrected chi connectivity index (χ1v) is 11.3. The van der Waals surface area contributed by atoms with Crippen molar-refractivity contribution < 1.29 is 9.53 Å². The number of para-hydroxylation sites is 2. The van der Waals surface area contributed by atoms with Gasteiger partial charge in [0.15, 0.2) is 5.16 Å². The molecular weight excluding hydrogens is 382 g/mol. The molecule has 5 nitrogen and oxygen atoms in total. The van der Waals surface area contributed by atoms with Crippen LogP contribution in [0, 0.1) is 5.92 Å². The minimum absolute atomic E-state index is 0.201. The van der Waals surface area contributed by atoms with Crippen molar-refractivity contribution in [3.63, 3.8) is 0 Å². The van der Waals surface area contributed by atoms with Crippen molar-refractivity contribution in [3.05, 3.63) is 48.5 Å². The molecule has 1 aliphatic rings. The average Bonchev–Trinajstić information content (AvgIpc) is 3.11. The van der Waals surface area contributed by atoms with E-state index >= 15 is 0 Å². The number of carbonyl (C=O) groups is 1. The first kappa shape index (κ1) is 19.8. The summed E-state index contributed by atoms with van der Waals surface area (Å²) in [6.45, 7) is 6.59. The maximum atomic E-state index is 12.7. The Kier molecular flexibility index (Phi) is 6.09. The summed E-state index contributed by atoms with van der Waals surface area (Å²) in [5, 5.41) is 0.841. The van der Waals surface area contributed by atoms with Crippen molar-refractivity contribution in [2.45, 2.75) is 31.8 Å². The predicted molar refractivity (Wildman–Crippen MR) is 118 cm³/mol. The maximum Gasteiger partial charge on any atom is 0.233 e. The third kappa shape index (κ3) is 4.42. The van der Waals surface area contributed by atoms with Crippen molar-refractivity contribution in [1.29, 1.82) is 0 Å². The largest absolute Gasteiger partial charge is 0.494 e. The molecule has 3 aromatic rings. The SMILES string of the molecule is CCOc1ccc(-n2c(SCC(=O)N3CCC[C@@H](C)C3)nc3ccccc32)cc1. The van der Waals surface area contributed by atoms with Crippen molar-refractivity contribution in [3.8, 4) is 11.4 Å². The van der Waals surface area contributed by atoms with E-state index in [4.69, 9.17) is 9.72 Å². The fraction of sp³-hybridized carbons (Fsp3) is 0.391. The van der Waals surface area contributed by atoms with Crippen LogP contribution in [0.1, 0.15) is 26.7 Å². The zero-order valence-electron chi connectivity index (χ0n) is 17.0. The van der Waals surface area contributed by atoms with Gasteiger partial charge in [-0.2, -0.15) is 0 Å². The molecule has 6 heteroatoms. The van der Waals surface area contributed by atoms with Gasteiger partial charge in [0.1, 0.15) is 5.75 Å². The number of fused-ring (bicyclic) bond motifs is 1. The molecule has 2 aromatic carbocycles. The Morgan fingerprint density at radius 3 is 2.76 bits per heavy atom. The van der Waals surface area contributed by atoms with Gasteiger partial charge in [-0.25, -0.2) is 4.98 Å². The third-order valence-corrected chi connectivity index (χ3v) is 6.19. The quantitative estimate of drug-likeness (QED) is 0.550. The Balaban J connectivity index is 1.59. The molecule has 0 unspecified atom stereocenters. The number of thioether (sulfide) groups is 1. The number of aromatic nitrogens is 2. The number of imidazole rings is 1. The molecule has 1 fully saturated rings. The number of nitrogens with zero attached hydrogens (tertiary/aromatic N) is 3. The normalized spacial score (nSPS) is 16.9. The molecule has 1 amide bonds. The fourth-order valence-corrected chi connectivity index (χ4v) is 4.77. The standard InChI is InChI=1S/C23H27N3O2S/c1-3-28-19-12-10-18(11-13-19)26-21-9-5-4-8-20(21)24-23(26)29-16-22(27)25-14-6-7-17(2)15-25/h4-5,8-13,17H,3,6-7,14-16H2,1-2H3/t17-/m1/s1. The highest BCUT2D eigenvalue weighted by Crippen LogP contribution is 2.29. The van der Waals surface area contributed by atoms with E-state index in [2.05, 4.69) is 17.6 Å². The van der Waals surface area contributed by atoms with Crippen LogP contribution in [0.15, 0.2) is 53.7 Å². The summed E-state index contributed by atoms with van der Waals surface area (Å²) in [4.78, 5) is 19.6. The van der Waals surface area contributed by atoms with E-state index in [-0.39, 0.29) is 5.91 Å².